The highest BCUT2D eigenvalue weighted by Gasteiger charge is 2.16. The Bertz CT molecular complexity index is 884. The molecule has 1 aromatic heterocycles. The first kappa shape index (κ1) is 16.1. The molecule has 4 rings (SSSR count). The van der Waals surface area contributed by atoms with Crippen molar-refractivity contribution in [3.8, 4) is 0 Å². The molecule has 25 heavy (non-hydrogen) atoms. The quantitative estimate of drug-likeness (QED) is 0.773. The number of morpholine rings is 1. The van der Waals surface area contributed by atoms with Crippen LogP contribution in [-0.2, 0) is 4.74 Å². The number of aromatic nitrogens is 1. The second-order valence-corrected chi connectivity index (χ2v) is 6.70. The molecule has 0 unspecified atom stereocenters. The van der Waals surface area contributed by atoms with E-state index in [0.717, 1.165) is 54.3 Å². The van der Waals surface area contributed by atoms with Crippen molar-refractivity contribution in [1.82, 2.24) is 4.98 Å². The van der Waals surface area contributed by atoms with Crippen molar-refractivity contribution in [1.29, 1.82) is 0 Å². The van der Waals surface area contributed by atoms with Crippen LogP contribution in [0.1, 0.15) is 11.3 Å². The van der Waals surface area contributed by atoms with Crippen LogP contribution in [0.15, 0.2) is 48.5 Å². The molecule has 2 heterocycles. The zero-order valence-corrected chi connectivity index (χ0v) is 14.8. The van der Waals surface area contributed by atoms with Crippen LogP contribution in [0.25, 0.3) is 10.9 Å². The van der Waals surface area contributed by atoms with E-state index >= 15 is 0 Å². The highest BCUT2D eigenvalue weighted by atomic mass is 16.5. The van der Waals surface area contributed by atoms with Gasteiger partial charge in [-0.1, -0.05) is 18.2 Å². The summed E-state index contributed by atoms with van der Waals surface area (Å²) >= 11 is 0. The number of anilines is 2. The summed E-state index contributed by atoms with van der Waals surface area (Å²) < 4.78 is 5.45. The number of para-hydroxylation sites is 1. The molecule has 2 N–H and O–H groups in total. The Morgan fingerprint density at radius 2 is 1.76 bits per heavy atom. The number of fused-ring (bicyclic) bond motifs is 1. The molecule has 0 saturated carbocycles. The van der Waals surface area contributed by atoms with Gasteiger partial charge in [0.15, 0.2) is 0 Å². The SMILES string of the molecule is Cc1cc(Nc2ccc([NH+]3CCOCC3)cc2)c2cccc(C)c2n1. The van der Waals surface area contributed by atoms with E-state index in [1.165, 1.54) is 16.2 Å². The summed E-state index contributed by atoms with van der Waals surface area (Å²) in [7, 11) is 0. The monoisotopic (exact) mass is 334 g/mol. The predicted molar refractivity (Wildman–Crippen MR) is 102 cm³/mol. The minimum atomic E-state index is 0.844. The molecule has 0 amide bonds. The number of ether oxygens (including phenoxy) is 1. The van der Waals surface area contributed by atoms with Gasteiger partial charge in [0, 0.05) is 34.6 Å². The second kappa shape index (κ2) is 6.82. The molecular weight excluding hydrogens is 310 g/mol. The fraction of sp³-hybridized carbons (Fsp3) is 0.286. The molecular formula is C21H24N3O+. The largest absolute Gasteiger partial charge is 0.370 e. The molecule has 2 aromatic carbocycles. The molecule has 0 bridgehead atoms. The molecule has 3 aromatic rings. The number of nitrogens with one attached hydrogen (secondary N) is 2. The van der Waals surface area contributed by atoms with Gasteiger partial charge in [-0.3, -0.25) is 9.88 Å². The van der Waals surface area contributed by atoms with Crippen LogP contribution in [0.4, 0.5) is 17.1 Å². The van der Waals surface area contributed by atoms with Gasteiger partial charge in [-0.2, -0.15) is 0 Å². The van der Waals surface area contributed by atoms with Crippen molar-refractivity contribution in [3.63, 3.8) is 0 Å². The third-order valence-corrected chi connectivity index (χ3v) is 4.84. The summed E-state index contributed by atoms with van der Waals surface area (Å²) in [6, 6.07) is 17.2. The fourth-order valence-electron chi connectivity index (χ4n) is 3.47. The second-order valence-electron chi connectivity index (χ2n) is 6.70. The number of quaternary nitrogens is 1. The topological polar surface area (TPSA) is 38.6 Å². The average Bonchev–Trinajstić information content (AvgIpc) is 2.64. The van der Waals surface area contributed by atoms with E-state index in [9.17, 15) is 0 Å². The lowest BCUT2D eigenvalue weighted by atomic mass is 10.1. The van der Waals surface area contributed by atoms with Gasteiger partial charge >= 0.3 is 0 Å². The maximum absolute atomic E-state index is 5.45. The van der Waals surface area contributed by atoms with Crippen LogP contribution in [0.3, 0.4) is 0 Å². The first-order valence-corrected chi connectivity index (χ1v) is 8.87. The third kappa shape index (κ3) is 3.36. The van der Waals surface area contributed by atoms with Crippen molar-refractivity contribution < 1.29 is 9.64 Å². The van der Waals surface area contributed by atoms with E-state index in [0.29, 0.717) is 0 Å². The zero-order chi connectivity index (χ0) is 17.2. The Morgan fingerprint density at radius 1 is 1.00 bits per heavy atom. The predicted octanol–water partition coefficient (Wildman–Crippen LogP) is 3.14. The molecule has 1 saturated heterocycles. The van der Waals surface area contributed by atoms with E-state index in [4.69, 9.17) is 9.72 Å². The van der Waals surface area contributed by atoms with Gasteiger partial charge in [0.2, 0.25) is 0 Å². The lowest BCUT2D eigenvalue weighted by Gasteiger charge is -2.23. The van der Waals surface area contributed by atoms with E-state index in [2.05, 4.69) is 60.8 Å². The maximum Gasteiger partial charge on any atom is 0.131 e. The lowest BCUT2D eigenvalue weighted by Crippen LogP contribution is -3.09. The minimum absolute atomic E-state index is 0.844. The van der Waals surface area contributed by atoms with E-state index in [1.54, 1.807) is 0 Å². The van der Waals surface area contributed by atoms with Gasteiger partial charge in [0.1, 0.15) is 18.8 Å². The third-order valence-electron chi connectivity index (χ3n) is 4.84. The lowest BCUT2D eigenvalue weighted by molar-refractivity contribution is -0.842. The fourth-order valence-corrected chi connectivity index (χ4v) is 3.47. The highest BCUT2D eigenvalue weighted by molar-refractivity contribution is 5.94. The molecule has 4 nitrogen and oxygen atoms in total. The average molecular weight is 334 g/mol. The number of aryl methyl sites for hydroxylation is 2. The number of benzene rings is 2. The molecule has 0 spiro atoms. The molecule has 0 atom stereocenters. The normalized spacial score (nSPS) is 15.4. The van der Waals surface area contributed by atoms with E-state index in [-0.39, 0.29) is 0 Å². The smallest absolute Gasteiger partial charge is 0.131 e. The number of nitrogens with zero attached hydrogens (tertiary/aromatic N) is 1. The van der Waals surface area contributed by atoms with Gasteiger partial charge in [0.25, 0.3) is 0 Å². The zero-order valence-electron chi connectivity index (χ0n) is 14.8. The van der Waals surface area contributed by atoms with Gasteiger partial charge in [0.05, 0.1) is 18.7 Å². The summed E-state index contributed by atoms with van der Waals surface area (Å²) in [5.74, 6) is 0. The van der Waals surface area contributed by atoms with Crippen LogP contribution in [0.5, 0.6) is 0 Å². The van der Waals surface area contributed by atoms with Gasteiger partial charge < -0.3 is 10.1 Å². The van der Waals surface area contributed by atoms with Crippen LogP contribution >= 0.6 is 0 Å². The minimum Gasteiger partial charge on any atom is -0.370 e. The molecule has 0 radical (unpaired) electrons. The maximum atomic E-state index is 5.45. The molecule has 1 aliphatic rings. The van der Waals surface area contributed by atoms with Crippen molar-refractivity contribution in [2.45, 2.75) is 13.8 Å². The van der Waals surface area contributed by atoms with Crippen molar-refractivity contribution in [2.75, 3.05) is 31.6 Å². The Morgan fingerprint density at radius 3 is 2.52 bits per heavy atom. The van der Waals surface area contributed by atoms with Crippen molar-refractivity contribution >= 4 is 28.0 Å². The van der Waals surface area contributed by atoms with Crippen LogP contribution in [0.2, 0.25) is 0 Å². The van der Waals surface area contributed by atoms with Crippen LogP contribution < -0.4 is 10.2 Å². The van der Waals surface area contributed by atoms with E-state index in [1.807, 2.05) is 6.92 Å². The summed E-state index contributed by atoms with van der Waals surface area (Å²) in [5.41, 5.74) is 6.84. The Kier molecular flexibility index (Phi) is 4.38. The Balaban J connectivity index is 1.62. The van der Waals surface area contributed by atoms with Crippen molar-refractivity contribution in [2.24, 2.45) is 0 Å². The number of pyridine rings is 1. The summed E-state index contributed by atoms with van der Waals surface area (Å²) in [6.07, 6.45) is 0. The number of rotatable bonds is 3. The van der Waals surface area contributed by atoms with Crippen LogP contribution in [0, 0.1) is 13.8 Å². The molecule has 0 aliphatic carbocycles. The first-order valence-electron chi connectivity index (χ1n) is 8.87. The van der Waals surface area contributed by atoms with Gasteiger partial charge in [-0.05, 0) is 37.6 Å². The summed E-state index contributed by atoms with van der Waals surface area (Å²) in [4.78, 5) is 6.20. The highest BCUT2D eigenvalue weighted by Crippen LogP contribution is 2.28. The Labute approximate surface area is 148 Å². The van der Waals surface area contributed by atoms with Crippen LogP contribution in [-0.4, -0.2) is 31.3 Å². The van der Waals surface area contributed by atoms with Crippen molar-refractivity contribution in [3.05, 3.63) is 59.8 Å². The van der Waals surface area contributed by atoms with E-state index < -0.39 is 0 Å². The van der Waals surface area contributed by atoms with Gasteiger partial charge in [-0.15, -0.1) is 0 Å². The number of hydrogen-bond donors (Lipinski definition) is 2. The molecule has 1 aliphatic heterocycles. The molecule has 128 valence electrons. The first-order chi connectivity index (χ1) is 12.2. The standard InChI is InChI=1S/C21H23N3O/c1-15-4-3-5-19-20(14-16(2)22-21(15)19)23-17-6-8-18(9-7-17)24-10-12-25-13-11-24/h3-9,14H,10-13H2,1-2H3,(H,22,23)/p+1. The van der Waals surface area contributed by atoms with Gasteiger partial charge in [-0.25, -0.2) is 0 Å². The summed E-state index contributed by atoms with van der Waals surface area (Å²) in [5, 5.41) is 4.73. The Hall–Kier alpha value is -2.43. The molecule has 4 heteroatoms. The summed E-state index contributed by atoms with van der Waals surface area (Å²) in [6.45, 7) is 7.93. The molecule has 1 fully saturated rings. The number of hydrogen-bond acceptors (Lipinski definition) is 3.